The van der Waals surface area contributed by atoms with Crippen molar-refractivity contribution in [2.24, 2.45) is 5.92 Å². The molecule has 0 fully saturated rings. The average molecular weight is 352 g/mol. The molecule has 1 N–H and O–H groups in total. The normalized spacial score (nSPS) is 10.3. The van der Waals surface area contributed by atoms with Gasteiger partial charge in [-0.15, -0.1) is 0 Å². The molecule has 0 saturated heterocycles. The minimum absolute atomic E-state index is 0. The van der Waals surface area contributed by atoms with Gasteiger partial charge in [0.1, 0.15) is 0 Å². The molecule has 0 aromatic carbocycles. The summed E-state index contributed by atoms with van der Waals surface area (Å²) >= 11 is 1.27. The average Bonchev–Trinajstić information content (AvgIpc) is 2.40. The Bertz CT molecular complexity index is 235. The van der Waals surface area contributed by atoms with Crippen LogP contribution in [-0.2, 0) is 9.59 Å². The summed E-state index contributed by atoms with van der Waals surface area (Å²) < 4.78 is 0. The molecule has 0 saturated carbocycles. The molecular weight excluding hydrogens is 326 g/mol. The first kappa shape index (κ1) is 31.1. The SMILES string of the molecule is CCCCC(CC)CO.O=C([O-])CCSCCC(=O)[O-].[Na+].[Na+]. The first-order chi connectivity index (χ1) is 9.47. The fourth-order valence-corrected chi connectivity index (χ4v) is 2.16. The number of thioether (sulfide) groups is 1. The third kappa shape index (κ3) is 29.3. The second-order valence-electron chi connectivity index (χ2n) is 4.46. The number of carboxylic acid groups (broad SMARTS) is 2. The van der Waals surface area contributed by atoms with Gasteiger partial charge in [0, 0.05) is 18.5 Å². The Morgan fingerprint density at radius 1 is 1.05 bits per heavy atom. The fourth-order valence-electron chi connectivity index (χ4n) is 1.33. The van der Waals surface area contributed by atoms with Gasteiger partial charge in [-0.1, -0.05) is 33.1 Å². The number of aliphatic carboxylic acids is 2. The zero-order chi connectivity index (χ0) is 15.8. The van der Waals surface area contributed by atoms with Gasteiger partial charge in [-0.3, -0.25) is 0 Å². The first-order valence-corrected chi connectivity index (χ1v) is 8.21. The van der Waals surface area contributed by atoms with E-state index in [-0.39, 0.29) is 72.0 Å². The Morgan fingerprint density at radius 2 is 1.50 bits per heavy atom. The Balaban J connectivity index is -0.000000137. The molecule has 0 spiro atoms. The summed E-state index contributed by atoms with van der Waals surface area (Å²) in [6, 6.07) is 0. The Labute approximate surface area is 182 Å². The minimum Gasteiger partial charge on any atom is -0.550 e. The molecule has 0 aliphatic carbocycles. The van der Waals surface area contributed by atoms with Crippen LogP contribution in [0.15, 0.2) is 0 Å². The molecule has 0 heterocycles. The van der Waals surface area contributed by atoms with Crippen molar-refractivity contribution in [3.8, 4) is 0 Å². The number of carboxylic acids is 2. The van der Waals surface area contributed by atoms with E-state index < -0.39 is 11.9 Å². The maximum absolute atomic E-state index is 9.84. The number of aliphatic hydroxyl groups is 1. The van der Waals surface area contributed by atoms with E-state index in [1.165, 1.54) is 31.0 Å². The third-order valence-corrected chi connectivity index (χ3v) is 3.69. The van der Waals surface area contributed by atoms with E-state index in [0.29, 0.717) is 24.0 Å². The zero-order valence-corrected chi connectivity index (χ0v) is 19.2. The van der Waals surface area contributed by atoms with Crippen LogP contribution in [0.5, 0.6) is 0 Å². The Hall–Kier alpha value is 1.25. The summed E-state index contributed by atoms with van der Waals surface area (Å²) in [4.78, 5) is 19.7. The maximum Gasteiger partial charge on any atom is 1.00 e. The molecular formula is C14H26Na2O5S. The van der Waals surface area contributed by atoms with Crippen molar-refractivity contribution < 1.29 is 84.0 Å². The van der Waals surface area contributed by atoms with Crippen LogP contribution in [-0.4, -0.2) is 35.2 Å². The van der Waals surface area contributed by atoms with Crippen LogP contribution in [0.25, 0.3) is 0 Å². The van der Waals surface area contributed by atoms with E-state index in [4.69, 9.17) is 5.11 Å². The van der Waals surface area contributed by atoms with Crippen molar-refractivity contribution in [2.45, 2.75) is 52.4 Å². The quantitative estimate of drug-likeness (QED) is 0.294. The molecule has 0 amide bonds. The molecule has 120 valence electrons. The number of unbranched alkanes of at least 4 members (excludes halogenated alkanes) is 1. The van der Waals surface area contributed by atoms with Crippen LogP contribution < -0.4 is 69.3 Å². The molecule has 5 nitrogen and oxygen atoms in total. The Kier molecular flexibility index (Phi) is 34.6. The number of carbonyl (C=O) groups excluding carboxylic acids is 2. The van der Waals surface area contributed by atoms with Crippen molar-refractivity contribution in [3.05, 3.63) is 0 Å². The van der Waals surface area contributed by atoms with Gasteiger partial charge >= 0.3 is 59.1 Å². The van der Waals surface area contributed by atoms with E-state index in [2.05, 4.69) is 13.8 Å². The van der Waals surface area contributed by atoms with Gasteiger partial charge in [0.2, 0.25) is 0 Å². The van der Waals surface area contributed by atoms with Crippen molar-refractivity contribution in [3.63, 3.8) is 0 Å². The number of hydrogen-bond acceptors (Lipinski definition) is 6. The van der Waals surface area contributed by atoms with Gasteiger partial charge in [0.15, 0.2) is 0 Å². The molecule has 0 rings (SSSR count). The second-order valence-corrected chi connectivity index (χ2v) is 5.68. The van der Waals surface area contributed by atoms with E-state index >= 15 is 0 Å². The standard InChI is InChI=1S/C8H18O.C6H10O4S.2Na/c1-3-5-6-8(4-2)7-9;7-5(8)1-3-11-4-2-6(9)10;;/h8-9H,3-7H2,1-2H3;1-4H2,(H,7,8)(H,9,10);;/q;;2*+1/p-2. The van der Waals surface area contributed by atoms with Crippen LogP contribution in [0.4, 0.5) is 0 Å². The van der Waals surface area contributed by atoms with Gasteiger partial charge in [-0.2, -0.15) is 11.8 Å². The number of aliphatic hydroxyl groups excluding tert-OH is 1. The Morgan fingerprint density at radius 3 is 1.77 bits per heavy atom. The van der Waals surface area contributed by atoms with E-state index in [1.807, 2.05) is 0 Å². The van der Waals surface area contributed by atoms with Crippen LogP contribution in [0.1, 0.15) is 52.4 Å². The summed E-state index contributed by atoms with van der Waals surface area (Å²) in [6.45, 7) is 4.69. The smallest absolute Gasteiger partial charge is 0.550 e. The summed E-state index contributed by atoms with van der Waals surface area (Å²) in [6.07, 6.45) is 4.77. The van der Waals surface area contributed by atoms with E-state index in [1.54, 1.807) is 0 Å². The van der Waals surface area contributed by atoms with Crippen molar-refractivity contribution >= 4 is 23.7 Å². The molecule has 0 radical (unpaired) electrons. The van der Waals surface area contributed by atoms with Crippen molar-refractivity contribution in [2.75, 3.05) is 18.1 Å². The van der Waals surface area contributed by atoms with Gasteiger partial charge in [-0.05, 0) is 36.7 Å². The summed E-state index contributed by atoms with van der Waals surface area (Å²) in [7, 11) is 0. The van der Waals surface area contributed by atoms with Gasteiger partial charge in [0.05, 0.1) is 0 Å². The van der Waals surface area contributed by atoms with Crippen LogP contribution >= 0.6 is 11.8 Å². The van der Waals surface area contributed by atoms with Gasteiger partial charge in [-0.25, -0.2) is 0 Å². The predicted octanol–water partition coefficient (Wildman–Crippen LogP) is -5.80. The zero-order valence-electron chi connectivity index (χ0n) is 14.4. The summed E-state index contributed by atoms with van der Waals surface area (Å²) in [5.74, 6) is -0.854. The summed E-state index contributed by atoms with van der Waals surface area (Å²) in [5, 5.41) is 28.4. The van der Waals surface area contributed by atoms with E-state index in [0.717, 1.165) is 6.42 Å². The largest absolute Gasteiger partial charge is 1.00 e. The molecule has 8 heteroatoms. The summed E-state index contributed by atoms with van der Waals surface area (Å²) in [5.41, 5.74) is 0. The molecule has 1 atom stereocenters. The molecule has 0 bridgehead atoms. The molecule has 0 aliphatic heterocycles. The van der Waals surface area contributed by atoms with Gasteiger partial charge < -0.3 is 24.9 Å². The second kappa shape index (κ2) is 24.5. The molecule has 0 aliphatic rings. The monoisotopic (exact) mass is 352 g/mol. The maximum atomic E-state index is 9.84. The van der Waals surface area contributed by atoms with Crippen molar-refractivity contribution in [1.82, 2.24) is 0 Å². The number of rotatable bonds is 11. The van der Waals surface area contributed by atoms with Crippen LogP contribution in [0.2, 0.25) is 0 Å². The number of carbonyl (C=O) groups is 2. The van der Waals surface area contributed by atoms with Crippen molar-refractivity contribution in [1.29, 1.82) is 0 Å². The van der Waals surface area contributed by atoms with Crippen LogP contribution in [0, 0.1) is 5.92 Å². The minimum atomic E-state index is -1.11. The van der Waals surface area contributed by atoms with E-state index in [9.17, 15) is 19.8 Å². The molecule has 0 aromatic rings. The third-order valence-electron chi connectivity index (χ3n) is 2.70. The predicted molar refractivity (Wildman–Crippen MR) is 77.0 cm³/mol. The van der Waals surface area contributed by atoms with Gasteiger partial charge in [0.25, 0.3) is 0 Å². The first-order valence-electron chi connectivity index (χ1n) is 7.06. The number of hydrogen-bond donors (Lipinski definition) is 1. The fraction of sp³-hybridized carbons (Fsp3) is 0.857. The topological polar surface area (TPSA) is 100 Å². The molecule has 0 aromatic heterocycles. The molecule has 22 heavy (non-hydrogen) atoms. The molecule has 1 unspecified atom stereocenters. The van der Waals surface area contributed by atoms with Crippen LogP contribution in [0.3, 0.4) is 0 Å².